The number of amides is 1. The zero-order valence-corrected chi connectivity index (χ0v) is 8.24. The molecule has 1 heterocycles. The second-order valence-corrected chi connectivity index (χ2v) is 3.75. The molecule has 1 unspecified atom stereocenters. The molecule has 0 aromatic heterocycles. The van der Waals surface area contributed by atoms with Crippen molar-refractivity contribution in [2.24, 2.45) is 11.8 Å². The van der Waals surface area contributed by atoms with Gasteiger partial charge in [0.1, 0.15) is 6.29 Å². The van der Waals surface area contributed by atoms with Crippen LogP contribution in [0.3, 0.4) is 0 Å². The molecule has 14 heavy (non-hydrogen) atoms. The summed E-state index contributed by atoms with van der Waals surface area (Å²) in [6, 6.07) is 0. The summed E-state index contributed by atoms with van der Waals surface area (Å²) < 4.78 is 0. The first-order valence-corrected chi connectivity index (χ1v) is 5.11. The van der Waals surface area contributed by atoms with Gasteiger partial charge in [-0.1, -0.05) is 6.42 Å². The number of unbranched alkanes of at least 4 members (excludes halogenated alkanes) is 2. The molecule has 1 aliphatic heterocycles. The van der Waals surface area contributed by atoms with Gasteiger partial charge in [0.25, 0.3) is 0 Å². The third-order valence-electron chi connectivity index (χ3n) is 2.77. The Hall–Kier alpha value is -0.900. The lowest BCUT2D eigenvalue weighted by Gasteiger charge is -2.13. The van der Waals surface area contributed by atoms with Crippen LogP contribution in [-0.4, -0.2) is 30.5 Å². The van der Waals surface area contributed by atoms with Gasteiger partial charge in [0.2, 0.25) is 5.91 Å². The Morgan fingerprint density at radius 3 is 2.93 bits per heavy atom. The van der Waals surface area contributed by atoms with E-state index in [2.05, 4.69) is 5.32 Å². The molecular weight excluding hydrogens is 182 g/mol. The van der Waals surface area contributed by atoms with E-state index < -0.39 is 0 Å². The van der Waals surface area contributed by atoms with Gasteiger partial charge < -0.3 is 15.2 Å². The molecule has 0 bridgehead atoms. The van der Waals surface area contributed by atoms with Gasteiger partial charge in [-0.05, 0) is 12.8 Å². The van der Waals surface area contributed by atoms with Crippen molar-refractivity contribution in [2.75, 3.05) is 13.2 Å². The fraction of sp³-hybridized carbons (Fsp3) is 0.800. The Labute approximate surface area is 83.7 Å². The first-order chi connectivity index (χ1) is 6.79. The van der Waals surface area contributed by atoms with Crippen molar-refractivity contribution < 1.29 is 14.7 Å². The average molecular weight is 199 g/mol. The topological polar surface area (TPSA) is 66.4 Å². The van der Waals surface area contributed by atoms with Crippen LogP contribution in [0.25, 0.3) is 0 Å². The van der Waals surface area contributed by atoms with Crippen LogP contribution in [0, 0.1) is 11.8 Å². The maximum Gasteiger partial charge on any atom is 0.223 e. The van der Waals surface area contributed by atoms with Crippen molar-refractivity contribution in [3.63, 3.8) is 0 Å². The van der Waals surface area contributed by atoms with E-state index >= 15 is 0 Å². The maximum absolute atomic E-state index is 11.3. The Morgan fingerprint density at radius 2 is 2.29 bits per heavy atom. The zero-order valence-electron chi connectivity index (χ0n) is 8.24. The first-order valence-electron chi connectivity index (χ1n) is 5.11. The van der Waals surface area contributed by atoms with Gasteiger partial charge in [-0.15, -0.1) is 0 Å². The molecule has 0 spiro atoms. The molecule has 4 heteroatoms. The molecule has 1 fully saturated rings. The molecule has 1 rings (SSSR count). The van der Waals surface area contributed by atoms with E-state index in [-0.39, 0.29) is 24.3 Å². The summed E-state index contributed by atoms with van der Waals surface area (Å²) in [5.41, 5.74) is 0. The fourth-order valence-corrected chi connectivity index (χ4v) is 1.87. The van der Waals surface area contributed by atoms with Crippen LogP contribution in [0.2, 0.25) is 0 Å². The number of carbonyl (C=O) groups is 2. The first kappa shape index (κ1) is 11.2. The summed E-state index contributed by atoms with van der Waals surface area (Å²) in [6.07, 6.45) is 3.97. The second-order valence-electron chi connectivity index (χ2n) is 3.75. The van der Waals surface area contributed by atoms with Crippen LogP contribution in [0.15, 0.2) is 0 Å². The van der Waals surface area contributed by atoms with Crippen LogP contribution >= 0.6 is 0 Å². The predicted octanol–water partition coefficient (Wildman–Crippen LogP) is 0.100. The minimum Gasteiger partial charge on any atom is -0.396 e. The molecular formula is C10H17NO3. The van der Waals surface area contributed by atoms with Crippen molar-refractivity contribution in [2.45, 2.75) is 25.7 Å². The van der Waals surface area contributed by atoms with Crippen molar-refractivity contribution >= 4 is 12.2 Å². The largest absolute Gasteiger partial charge is 0.396 e. The van der Waals surface area contributed by atoms with Gasteiger partial charge in [-0.2, -0.15) is 0 Å². The predicted molar refractivity (Wildman–Crippen MR) is 51.6 cm³/mol. The molecule has 0 radical (unpaired) electrons. The zero-order chi connectivity index (χ0) is 10.4. The molecule has 1 aliphatic rings. The Bertz CT molecular complexity index is 206. The van der Waals surface area contributed by atoms with Gasteiger partial charge in [-0.25, -0.2) is 0 Å². The minimum absolute atomic E-state index is 0.0494. The Kier molecular flexibility index (Phi) is 4.59. The lowest BCUT2D eigenvalue weighted by atomic mass is 9.91. The lowest BCUT2D eigenvalue weighted by Crippen LogP contribution is -2.20. The number of hydrogen-bond acceptors (Lipinski definition) is 3. The van der Waals surface area contributed by atoms with E-state index in [0.29, 0.717) is 13.0 Å². The molecule has 0 saturated carbocycles. The van der Waals surface area contributed by atoms with E-state index in [0.717, 1.165) is 25.5 Å². The highest BCUT2D eigenvalue weighted by molar-refractivity contribution is 5.81. The van der Waals surface area contributed by atoms with Crippen LogP contribution in [0.1, 0.15) is 25.7 Å². The van der Waals surface area contributed by atoms with Crippen molar-refractivity contribution in [3.05, 3.63) is 0 Å². The highest BCUT2D eigenvalue weighted by Gasteiger charge is 2.33. The van der Waals surface area contributed by atoms with E-state index in [1.807, 2.05) is 0 Å². The summed E-state index contributed by atoms with van der Waals surface area (Å²) in [6.45, 7) is 0.658. The minimum atomic E-state index is -0.0494. The molecule has 0 aliphatic carbocycles. The van der Waals surface area contributed by atoms with E-state index in [4.69, 9.17) is 5.11 Å². The SMILES string of the molecule is O=CCCCC[C@H]1C(=O)NCC1CO. The van der Waals surface area contributed by atoms with Crippen molar-refractivity contribution in [3.8, 4) is 0 Å². The highest BCUT2D eigenvalue weighted by Crippen LogP contribution is 2.23. The monoisotopic (exact) mass is 199 g/mol. The summed E-state index contributed by atoms with van der Waals surface area (Å²) in [5.74, 6) is 0.0699. The quantitative estimate of drug-likeness (QED) is 0.471. The lowest BCUT2D eigenvalue weighted by molar-refractivity contribution is -0.123. The van der Waals surface area contributed by atoms with Crippen LogP contribution < -0.4 is 5.32 Å². The van der Waals surface area contributed by atoms with E-state index in [9.17, 15) is 9.59 Å². The highest BCUT2D eigenvalue weighted by atomic mass is 16.3. The molecule has 1 amide bonds. The second kappa shape index (κ2) is 5.75. The Balaban J connectivity index is 2.26. The number of carbonyl (C=O) groups excluding carboxylic acids is 2. The normalized spacial score (nSPS) is 26.2. The number of hydrogen-bond donors (Lipinski definition) is 2. The average Bonchev–Trinajstić information content (AvgIpc) is 2.55. The molecule has 4 nitrogen and oxygen atoms in total. The molecule has 1 saturated heterocycles. The van der Waals surface area contributed by atoms with Crippen molar-refractivity contribution in [1.29, 1.82) is 0 Å². The van der Waals surface area contributed by atoms with E-state index in [1.54, 1.807) is 0 Å². The van der Waals surface area contributed by atoms with E-state index in [1.165, 1.54) is 0 Å². The summed E-state index contributed by atoms with van der Waals surface area (Å²) in [7, 11) is 0. The van der Waals surface area contributed by atoms with Gasteiger partial charge in [0.15, 0.2) is 0 Å². The number of aldehydes is 1. The number of nitrogens with one attached hydrogen (secondary N) is 1. The molecule has 0 aromatic rings. The van der Waals surface area contributed by atoms with Crippen molar-refractivity contribution in [1.82, 2.24) is 5.32 Å². The summed E-state index contributed by atoms with van der Waals surface area (Å²) in [5, 5.41) is 11.8. The number of rotatable bonds is 6. The Morgan fingerprint density at radius 1 is 1.50 bits per heavy atom. The number of aliphatic hydroxyl groups is 1. The van der Waals surface area contributed by atoms with Crippen LogP contribution in [-0.2, 0) is 9.59 Å². The third kappa shape index (κ3) is 2.80. The number of aliphatic hydroxyl groups excluding tert-OH is 1. The van der Waals surface area contributed by atoms with Crippen LogP contribution in [0.4, 0.5) is 0 Å². The fourth-order valence-electron chi connectivity index (χ4n) is 1.87. The third-order valence-corrected chi connectivity index (χ3v) is 2.77. The molecule has 80 valence electrons. The molecule has 2 N–H and O–H groups in total. The molecule has 2 atom stereocenters. The smallest absolute Gasteiger partial charge is 0.223 e. The van der Waals surface area contributed by atoms with Gasteiger partial charge in [0.05, 0.1) is 0 Å². The standard InChI is InChI=1S/C10H17NO3/c12-5-3-1-2-4-9-8(7-13)6-11-10(9)14/h5,8-9,13H,1-4,6-7H2,(H,11,14)/t8?,9-/m1/s1. The summed E-state index contributed by atoms with van der Waals surface area (Å²) in [4.78, 5) is 21.4. The summed E-state index contributed by atoms with van der Waals surface area (Å²) >= 11 is 0. The van der Waals surface area contributed by atoms with Gasteiger partial charge in [0, 0.05) is 31.4 Å². The van der Waals surface area contributed by atoms with Crippen LogP contribution in [0.5, 0.6) is 0 Å². The molecule has 0 aromatic carbocycles. The van der Waals surface area contributed by atoms with Gasteiger partial charge in [-0.3, -0.25) is 4.79 Å². The maximum atomic E-state index is 11.3. The van der Waals surface area contributed by atoms with Gasteiger partial charge >= 0.3 is 0 Å².